The minimum absolute atomic E-state index is 0.0571. The molecule has 4 aliphatic heterocycles. The number of likely N-dealkylation sites (tertiary alicyclic amines) is 1. The van der Waals surface area contributed by atoms with E-state index in [9.17, 15) is 14.4 Å². The van der Waals surface area contributed by atoms with Crippen molar-refractivity contribution in [3.63, 3.8) is 0 Å². The number of methoxy groups -OCH3 is 1. The summed E-state index contributed by atoms with van der Waals surface area (Å²) in [4.78, 5) is 43.7. The molecule has 3 unspecified atom stereocenters. The summed E-state index contributed by atoms with van der Waals surface area (Å²) < 4.78 is 17.1. The molecule has 2 aromatic rings. The van der Waals surface area contributed by atoms with Crippen LogP contribution in [0.1, 0.15) is 27.2 Å². The second-order valence-corrected chi connectivity index (χ2v) is 13.2. The van der Waals surface area contributed by atoms with Gasteiger partial charge < -0.3 is 35.1 Å². The number of carbonyl (C=O) groups is 3. The average Bonchev–Trinajstić information content (AvgIpc) is 3.56. The quantitative estimate of drug-likeness (QED) is 0.451. The van der Waals surface area contributed by atoms with Gasteiger partial charge >= 0.3 is 12.1 Å². The molecule has 0 bridgehead atoms. The third kappa shape index (κ3) is 6.04. The fourth-order valence-electron chi connectivity index (χ4n) is 6.08. The smallest absolute Gasteiger partial charge is 0.410 e. The van der Waals surface area contributed by atoms with Crippen LogP contribution in [0, 0.1) is 5.92 Å². The van der Waals surface area contributed by atoms with Crippen molar-refractivity contribution in [2.24, 2.45) is 5.92 Å². The van der Waals surface area contributed by atoms with E-state index in [0.717, 1.165) is 24.4 Å². The lowest BCUT2D eigenvalue weighted by atomic mass is 9.86. The SMILES string of the molecule is CO[C@H]1CN(C(=O)OC(C)(C)C)C[C@@H]1NC(=O)C1=C2NC(=O)N(c3ccc(Oc4ccccc4)cc3)C3CCNC(S1)C23. The Morgan fingerprint density at radius 1 is 1.02 bits per heavy atom. The molecule has 4 heterocycles. The van der Waals surface area contributed by atoms with E-state index >= 15 is 0 Å². The van der Waals surface area contributed by atoms with E-state index in [2.05, 4.69) is 16.0 Å². The second-order valence-electron chi connectivity index (χ2n) is 12.1. The summed E-state index contributed by atoms with van der Waals surface area (Å²) in [6, 6.07) is 16.2. The Morgan fingerprint density at radius 3 is 2.44 bits per heavy atom. The lowest BCUT2D eigenvalue weighted by Gasteiger charge is -2.45. The third-order valence-electron chi connectivity index (χ3n) is 7.98. The Labute approximate surface area is 255 Å². The first-order valence-corrected chi connectivity index (χ1v) is 15.4. The first kappa shape index (κ1) is 29.3. The van der Waals surface area contributed by atoms with E-state index in [1.165, 1.54) is 11.8 Å². The van der Waals surface area contributed by atoms with Gasteiger partial charge in [-0.3, -0.25) is 9.69 Å². The van der Waals surface area contributed by atoms with Crippen molar-refractivity contribution in [2.75, 3.05) is 31.6 Å². The molecular formula is C31H37N5O6S. The van der Waals surface area contributed by atoms with Crippen molar-refractivity contribution in [1.82, 2.24) is 20.9 Å². The number of nitrogens with one attached hydrogen (secondary N) is 3. The molecular weight excluding hydrogens is 570 g/mol. The topological polar surface area (TPSA) is 121 Å². The standard InChI is InChI=1S/C31H37N5O6S/c1-31(2,3)42-30(39)35-16-21(23(17-35)40-4)33-27(37)26-25-24-22(14-15-32-28(24)43-26)36(29(38)34-25)18-10-12-20(13-11-18)41-19-8-6-5-7-9-19/h5-13,21-24,28,32H,14-17H2,1-4H3,(H,33,37)(H,34,38)/t21-,22?,23-,24?,28?/m0/s1. The van der Waals surface area contributed by atoms with Crippen molar-refractivity contribution in [3.05, 3.63) is 65.2 Å². The van der Waals surface area contributed by atoms with Crippen LogP contribution in [0.3, 0.4) is 0 Å². The predicted molar refractivity (Wildman–Crippen MR) is 163 cm³/mol. The molecule has 5 atom stereocenters. The van der Waals surface area contributed by atoms with E-state index in [0.29, 0.717) is 22.9 Å². The molecule has 0 aliphatic carbocycles. The van der Waals surface area contributed by atoms with Crippen LogP contribution >= 0.6 is 11.8 Å². The first-order valence-electron chi connectivity index (χ1n) is 14.5. The first-order chi connectivity index (χ1) is 20.6. The van der Waals surface area contributed by atoms with Gasteiger partial charge in [-0.25, -0.2) is 9.59 Å². The van der Waals surface area contributed by atoms with E-state index in [-0.39, 0.29) is 41.9 Å². The molecule has 0 aromatic heterocycles. The summed E-state index contributed by atoms with van der Waals surface area (Å²) in [5, 5.41) is 9.58. The normalized spacial score (nSPS) is 26.6. The number of benzene rings is 2. The Bertz CT molecular complexity index is 1410. The van der Waals surface area contributed by atoms with Gasteiger partial charge in [0.15, 0.2) is 0 Å². The van der Waals surface area contributed by atoms with Crippen LogP contribution in [-0.2, 0) is 14.3 Å². The van der Waals surface area contributed by atoms with Crippen LogP contribution in [-0.4, -0.2) is 78.8 Å². The number of ether oxygens (including phenoxy) is 3. The van der Waals surface area contributed by atoms with Crippen LogP contribution in [0.5, 0.6) is 11.5 Å². The van der Waals surface area contributed by atoms with Gasteiger partial charge in [-0.1, -0.05) is 30.0 Å². The maximum absolute atomic E-state index is 13.7. The summed E-state index contributed by atoms with van der Waals surface area (Å²) in [5.74, 6) is 1.04. The van der Waals surface area contributed by atoms with Crippen LogP contribution in [0.2, 0.25) is 0 Å². The maximum atomic E-state index is 13.7. The Balaban J connectivity index is 1.17. The number of urea groups is 1. The molecule has 11 nitrogen and oxygen atoms in total. The van der Waals surface area contributed by atoms with Crippen LogP contribution in [0.25, 0.3) is 0 Å². The van der Waals surface area contributed by atoms with Crippen molar-refractivity contribution < 1.29 is 28.6 Å². The van der Waals surface area contributed by atoms with E-state index in [1.807, 2.05) is 75.4 Å². The minimum Gasteiger partial charge on any atom is -0.457 e. The van der Waals surface area contributed by atoms with Gasteiger partial charge in [0.25, 0.3) is 5.91 Å². The highest BCUT2D eigenvalue weighted by Gasteiger charge is 2.52. The van der Waals surface area contributed by atoms with Gasteiger partial charge in [0.1, 0.15) is 17.1 Å². The van der Waals surface area contributed by atoms with E-state index in [1.54, 1.807) is 16.9 Å². The molecule has 4 amide bonds. The molecule has 0 radical (unpaired) electrons. The third-order valence-corrected chi connectivity index (χ3v) is 9.33. The van der Waals surface area contributed by atoms with Crippen molar-refractivity contribution in [3.8, 4) is 11.5 Å². The zero-order chi connectivity index (χ0) is 30.3. The lowest BCUT2D eigenvalue weighted by molar-refractivity contribution is -0.118. The van der Waals surface area contributed by atoms with Gasteiger partial charge in [0.05, 0.1) is 35.0 Å². The number of anilines is 1. The second kappa shape index (κ2) is 11.7. The summed E-state index contributed by atoms with van der Waals surface area (Å²) in [6.45, 7) is 6.74. The average molecular weight is 608 g/mol. The fourth-order valence-corrected chi connectivity index (χ4v) is 7.48. The Hall–Kier alpha value is -3.74. The highest BCUT2D eigenvalue weighted by Crippen LogP contribution is 2.48. The van der Waals surface area contributed by atoms with Crippen LogP contribution < -0.4 is 25.6 Å². The minimum atomic E-state index is -0.626. The number of hydrogen-bond acceptors (Lipinski definition) is 8. The predicted octanol–water partition coefficient (Wildman–Crippen LogP) is 4.02. The number of thioether (sulfide) groups is 1. The molecule has 4 aliphatic rings. The summed E-state index contributed by atoms with van der Waals surface area (Å²) >= 11 is 1.44. The van der Waals surface area contributed by atoms with Gasteiger partial charge in [-0.05, 0) is 70.1 Å². The van der Waals surface area contributed by atoms with E-state index in [4.69, 9.17) is 14.2 Å². The number of amides is 4. The lowest BCUT2D eigenvalue weighted by Crippen LogP contribution is -2.62. The highest BCUT2D eigenvalue weighted by molar-refractivity contribution is 8.04. The summed E-state index contributed by atoms with van der Waals surface area (Å²) in [6.07, 6.45) is -0.0810. The van der Waals surface area contributed by atoms with Crippen molar-refractivity contribution in [2.45, 2.75) is 56.4 Å². The molecule has 228 valence electrons. The van der Waals surface area contributed by atoms with Gasteiger partial charge in [-0.2, -0.15) is 0 Å². The zero-order valence-electron chi connectivity index (χ0n) is 24.7. The number of hydrogen-bond donors (Lipinski definition) is 3. The molecule has 0 spiro atoms. The molecule has 3 N–H and O–H groups in total. The molecule has 3 saturated heterocycles. The summed E-state index contributed by atoms with van der Waals surface area (Å²) in [7, 11) is 1.56. The molecule has 12 heteroatoms. The Morgan fingerprint density at radius 2 is 1.74 bits per heavy atom. The summed E-state index contributed by atoms with van der Waals surface area (Å²) in [5.41, 5.74) is 0.784. The van der Waals surface area contributed by atoms with Crippen LogP contribution in [0.15, 0.2) is 65.2 Å². The molecule has 3 fully saturated rings. The number of carbonyl (C=O) groups excluding carboxylic acids is 3. The van der Waals surface area contributed by atoms with Crippen molar-refractivity contribution >= 4 is 35.5 Å². The monoisotopic (exact) mass is 607 g/mol. The molecule has 2 aromatic carbocycles. The van der Waals surface area contributed by atoms with Crippen LogP contribution in [0.4, 0.5) is 15.3 Å². The fraction of sp³-hybridized carbons (Fsp3) is 0.452. The molecule has 0 saturated carbocycles. The largest absolute Gasteiger partial charge is 0.457 e. The number of nitrogens with zero attached hydrogens (tertiary/aromatic N) is 2. The van der Waals surface area contributed by atoms with E-state index < -0.39 is 17.7 Å². The highest BCUT2D eigenvalue weighted by atomic mass is 32.2. The number of piperidine rings is 1. The zero-order valence-corrected chi connectivity index (χ0v) is 25.5. The van der Waals surface area contributed by atoms with Gasteiger partial charge in [0, 0.05) is 31.0 Å². The molecule has 43 heavy (non-hydrogen) atoms. The maximum Gasteiger partial charge on any atom is 0.410 e. The Kier molecular flexibility index (Phi) is 8.01. The van der Waals surface area contributed by atoms with Gasteiger partial charge in [-0.15, -0.1) is 0 Å². The molecule has 6 rings (SSSR count). The number of para-hydroxylation sites is 1. The van der Waals surface area contributed by atoms with Crippen molar-refractivity contribution in [1.29, 1.82) is 0 Å². The van der Waals surface area contributed by atoms with Gasteiger partial charge in [0.2, 0.25) is 0 Å². The number of rotatable bonds is 6.